The molecular weight excluding hydrogens is 477 g/mol. The third-order valence-electron chi connectivity index (χ3n) is 5.25. The molecule has 0 aliphatic heterocycles. The molecule has 2 atom stereocenters. The number of rotatable bonds is 6. The maximum atomic E-state index is 13.7. The van der Waals surface area contributed by atoms with Gasteiger partial charge in [-0.3, -0.25) is 9.79 Å². The second-order valence-electron chi connectivity index (χ2n) is 7.45. The summed E-state index contributed by atoms with van der Waals surface area (Å²) >= 11 is 0. The number of benzene rings is 1. The Hall–Kier alpha value is -1.45. The van der Waals surface area contributed by atoms with E-state index in [1.54, 1.807) is 13.1 Å². The molecule has 0 saturated heterocycles. The number of hydrogen-bond donors (Lipinski definition) is 3. The van der Waals surface area contributed by atoms with Gasteiger partial charge in [-0.15, -0.1) is 24.0 Å². The molecule has 2 saturated carbocycles. The maximum absolute atomic E-state index is 13.7. The van der Waals surface area contributed by atoms with Crippen LogP contribution in [0.4, 0.5) is 8.78 Å². The van der Waals surface area contributed by atoms with Gasteiger partial charge < -0.3 is 16.0 Å². The van der Waals surface area contributed by atoms with Gasteiger partial charge in [0.25, 0.3) is 0 Å². The van der Waals surface area contributed by atoms with Gasteiger partial charge in [-0.2, -0.15) is 0 Å². The number of nitrogens with one attached hydrogen (secondary N) is 3. The molecule has 1 aromatic rings. The largest absolute Gasteiger partial charge is 0.356 e. The second-order valence-corrected chi connectivity index (χ2v) is 7.45. The molecule has 0 radical (unpaired) electrons. The number of nitrogens with zero attached hydrogens (tertiary/aromatic N) is 1. The van der Waals surface area contributed by atoms with Crippen LogP contribution in [-0.2, 0) is 11.2 Å². The SMILES string of the molecule is CN=C(NCCc1cccc(F)c1F)NC1CCCC(C(=O)NC2CC2)C1.I. The van der Waals surface area contributed by atoms with E-state index < -0.39 is 11.6 Å². The zero-order valence-corrected chi connectivity index (χ0v) is 18.5. The molecule has 2 fully saturated rings. The number of carbonyl (C=O) groups is 1. The summed E-state index contributed by atoms with van der Waals surface area (Å²) in [6.07, 6.45) is 6.28. The average molecular weight is 506 g/mol. The van der Waals surface area contributed by atoms with Crippen molar-refractivity contribution in [3.05, 3.63) is 35.4 Å². The summed E-state index contributed by atoms with van der Waals surface area (Å²) in [5.41, 5.74) is 0.340. The first-order valence-corrected chi connectivity index (χ1v) is 9.77. The molecule has 0 aromatic heterocycles. The van der Waals surface area contributed by atoms with Crippen molar-refractivity contribution in [1.29, 1.82) is 0 Å². The highest BCUT2D eigenvalue weighted by Gasteiger charge is 2.31. The normalized spacial score (nSPS) is 22.2. The fraction of sp³-hybridized carbons (Fsp3) is 0.600. The Morgan fingerprint density at radius 2 is 1.93 bits per heavy atom. The molecule has 5 nitrogen and oxygen atoms in total. The van der Waals surface area contributed by atoms with E-state index in [-0.39, 0.29) is 41.8 Å². The van der Waals surface area contributed by atoms with Crippen LogP contribution in [0, 0.1) is 17.6 Å². The summed E-state index contributed by atoms with van der Waals surface area (Å²) in [6, 6.07) is 4.79. The lowest BCUT2D eigenvalue weighted by Crippen LogP contribution is -2.47. The van der Waals surface area contributed by atoms with Crippen LogP contribution in [0.25, 0.3) is 0 Å². The van der Waals surface area contributed by atoms with Crippen LogP contribution in [0.5, 0.6) is 0 Å². The van der Waals surface area contributed by atoms with Gasteiger partial charge in [-0.25, -0.2) is 8.78 Å². The van der Waals surface area contributed by atoms with E-state index in [0.29, 0.717) is 30.5 Å². The molecular formula is C20H29F2IN4O. The van der Waals surface area contributed by atoms with Crippen LogP contribution in [-0.4, -0.2) is 37.5 Å². The minimum atomic E-state index is -0.826. The molecule has 0 spiro atoms. The van der Waals surface area contributed by atoms with Crippen molar-refractivity contribution < 1.29 is 13.6 Å². The summed E-state index contributed by atoms with van der Waals surface area (Å²) in [5, 5.41) is 9.61. The summed E-state index contributed by atoms with van der Waals surface area (Å²) in [5.74, 6) is -0.767. The molecule has 1 amide bonds. The topological polar surface area (TPSA) is 65.5 Å². The predicted octanol–water partition coefficient (Wildman–Crippen LogP) is 3.13. The first kappa shape index (κ1) is 22.8. The van der Waals surface area contributed by atoms with E-state index in [1.165, 1.54) is 6.07 Å². The molecule has 0 bridgehead atoms. The maximum Gasteiger partial charge on any atom is 0.223 e. The van der Waals surface area contributed by atoms with Crippen molar-refractivity contribution in [2.75, 3.05) is 13.6 Å². The number of amides is 1. The standard InChI is InChI=1S/C20H28F2N4O.HI/c1-23-20(24-11-10-13-4-3-7-17(21)18(13)22)26-16-6-2-5-14(12-16)19(27)25-15-8-9-15;/h3-4,7,14-16H,2,5-6,8-12H2,1H3,(H,25,27)(H2,23,24,26);1H. The van der Waals surface area contributed by atoms with Crippen molar-refractivity contribution in [3.63, 3.8) is 0 Å². The monoisotopic (exact) mass is 506 g/mol. The van der Waals surface area contributed by atoms with Crippen LogP contribution in [0.3, 0.4) is 0 Å². The fourth-order valence-corrected chi connectivity index (χ4v) is 3.55. The Bertz CT molecular complexity index is 697. The Morgan fingerprint density at radius 1 is 1.14 bits per heavy atom. The zero-order chi connectivity index (χ0) is 19.2. The van der Waals surface area contributed by atoms with Crippen LogP contribution in [0.1, 0.15) is 44.1 Å². The molecule has 28 heavy (non-hydrogen) atoms. The third-order valence-corrected chi connectivity index (χ3v) is 5.25. The van der Waals surface area contributed by atoms with Gasteiger partial charge >= 0.3 is 0 Å². The predicted molar refractivity (Wildman–Crippen MR) is 117 cm³/mol. The lowest BCUT2D eigenvalue weighted by molar-refractivity contribution is -0.126. The van der Waals surface area contributed by atoms with Crippen molar-refractivity contribution >= 4 is 35.8 Å². The van der Waals surface area contributed by atoms with E-state index >= 15 is 0 Å². The van der Waals surface area contributed by atoms with Crippen molar-refractivity contribution in [1.82, 2.24) is 16.0 Å². The van der Waals surface area contributed by atoms with Gasteiger partial charge in [0, 0.05) is 31.6 Å². The van der Waals surface area contributed by atoms with Crippen LogP contribution in [0.2, 0.25) is 0 Å². The Kier molecular flexibility index (Phi) is 8.91. The fourth-order valence-electron chi connectivity index (χ4n) is 3.55. The van der Waals surface area contributed by atoms with Crippen LogP contribution >= 0.6 is 24.0 Å². The van der Waals surface area contributed by atoms with Gasteiger partial charge in [-0.05, 0) is 50.2 Å². The summed E-state index contributed by atoms with van der Waals surface area (Å²) < 4.78 is 27.0. The molecule has 3 rings (SSSR count). The van der Waals surface area contributed by atoms with Gasteiger partial charge in [0.1, 0.15) is 0 Å². The highest BCUT2D eigenvalue weighted by atomic mass is 127. The van der Waals surface area contributed by atoms with E-state index in [4.69, 9.17) is 0 Å². The average Bonchev–Trinajstić information content (AvgIpc) is 3.48. The minimum absolute atomic E-state index is 0. The number of guanidine groups is 1. The van der Waals surface area contributed by atoms with Gasteiger partial charge in [-0.1, -0.05) is 18.6 Å². The number of aliphatic imine (C=N–C) groups is 1. The summed E-state index contributed by atoms with van der Waals surface area (Å²) in [7, 11) is 1.68. The Labute approximate surface area is 182 Å². The van der Waals surface area contributed by atoms with Crippen molar-refractivity contribution in [3.8, 4) is 0 Å². The smallest absolute Gasteiger partial charge is 0.223 e. The molecule has 156 valence electrons. The zero-order valence-electron chi connectivity index (χ0n) is 16.1. The Balaban J connectivity index is 0.00000280. The minimum Gasteiger partial charge on any atom is -0.356 e. The Morgan fingerprint density at radius 3 is 2.64 bits per heavy atom. The highest BCUT2D eigenvalue weighted by molar-refractivity contribution is 14.0. The van der Waals surface area contributed by atoms with Gasteiger partial charge in [0.05, 0.1) is 0 Å². The lowest BCUT2D eigenvalue weighted by atomic mass is 9.85. The first-order valence-electron chi connectivity index (χ1n) is 9.77. The van der Waals surface area contributed by atoms with Crippen molar-refractivity contribution in [2.24, 2.45) is 10.9 Å². The van der Waals surface area contributed by atoms with E-state index in [2.05, 4.69) is 20.9 Å². The molecule has 0 heterocycles. The second kappa shape index (κ2) is 10.9. The molecule has 2 unspecified atom stereocenters. The van der Waals surface area contributed by atoms with Gasteiger partial charge in [0.2, 0.25) is 5.91 Å². The molecule has 3 N–H and O–H groups in total. The van der Waals surface area contributed by atoms with Crippen LogP contribution < -0.4 is 16.0 Å². The molecule has 1 aromatic carbocycles. The lowest BCUT2D eigenvalue weighted by Gasteiger charge is -2.30. The quantitative estimate of drug-likeness (QED) is 0.316. The highest BCUT2D eigenvalue weighted by Crippen LogP contribution is 2.26. The van der Waals surface area contributed by atoms with Crippen LogP contribution in [0.15, 0.2) is 23.2 Å². The van der Waals surface area contributed by atoms with Gasteiger partial charge in [0.15, 0.2) is 17.6 Å². The third kappa shape index (κ3) is 6.56. The summed E-state index contributed by atoms with van der Waals surface area (Å²) in [6.45, 7) is 0.443. The van der Waals surface area contributed by atoms with Crippen molar-refractivity contribution in [2.45, 2.75) is 57.0 Å². The van der Waals surface area contributed by atoms with E-state index in [9.17, 15) is 13.6 Å². The number of halogens is 3. The van der Waals surface area contributed by atoms with E-state index in [0.717, 1.165) is 44.6 Å². The first-order chi connectivity index (χ1) is 13.1. The molecule has 2 aliphatic rings. The molecule has 8 heteroatoms. The number of carbonyl (C=O) groups excluding carboxylic acids is 1. The van der Waals surface area contributed by atoms with E-state index in [1.807, 2.05) is 0 Å². The summed E-state index contributed by atoms with van der Waals surface area (Å²) in [4.78, 5) is 16.5. The number of hydrogen-bond acceptors (Lipinski definition) is 2. The molecule has 2 aliphatic carbocycles.